The minimum Gasteiger partial charge on any atom is -0.459 e. The van der Waals surface area contributed by atoms with E-state index in [1.165, 1.54) is 29.7 Å². The van der Waals surface area contributed by atoms with Crippen LogP contribution in [0.25, 0.3) is 0 Å². The Bertz CT molecular complexity index is 786. The second kappa shape index (κ2) is 9.53. The fraction of sp³-hybridized carbons (Fsp3) is 0.294. The molecule has 0 spiro atoms. The van der Waals surface area contributed by atoms with Gasteiger partial charge in [-0.05, 0) is 29.5 Å². The van der Waals surface area contributed by atoms with E-state index < -0.39 is 36.3 Å². The molecule has 9 nitrogen and oxygen atoms in total. The summed E-state index contributed by atoms with van der Waals surface area (Å²) in [7, 11) is 0. The molecule has 0 aromatic carbocycles. The van der Waals surface area contributed by atoms with Gasteiger partial charge in [-0.1, -0.05) is 19.9 Å². The van der Waals surface area contributed by atoms with Gasteiger partial charge in [0.1, 0.15) is 6.04 Å². The highest BCUT2D eigenvalue weighted by molar-refractivity contribution is 7.12. The van der Waals surface area contributed by atoms with Gasteiger partial charge in [0.05, 0.1) is 11.1 Å². The number of nitrogens with one attached hydrogen (secondary N) is 3. The maximum Gasteiger partial charge on any atom is 0.329 e. The summed E-state index contributed by atoms with van der Waals surface area (Å²) in [5.74, 6) is -2.76. The molecule has 0 radical (unpaired) electrons. The molecule has 2 rings (SSSR count). The Balaban J connectivity index is 1.79. The maximum absolute atomic E-state index is 12.2. The van der Waals surface area contributed by atoms with Gasteiger partial charge in [-0.15, -0.1) is 11.3 Å². The van der Waals surface area contributed by atoms with Gasteiger partial charge in [-0.25, -0.2) is 4.79 Å². The Morgan fingerprint density at radius 1 is 1.11 bits per heavy atom. The topological polar surface area (TPSA) is 127 Å². The van der Waals surface area contributed by atoms with Crippen LogP contribution in [0.3, 0.4) is 0 Å². The van der Waals surface area contributed by atoms with E-state index in [0.717, 1.165) is 0 Å². The van der Waals surface area contributed by atoms with E-state index in [0.29, 0.717) is 4.88 Å². The molecule has 144 valence electrons. The molecule has 0 saturated carbocycles. The third kappa shape index (κ3) is 5.96. The van der Waals surface area contributed by atoms with Gasteiger partial charge >= 0.3 is 11.9 Å². The molecule has 1 atom stereocenters. The van der Waals surface area contributed by atoms with Gasteiger partial charge in [0.25, 0.3) is 11.8 Å². The van der Waals surface area contributed by atoms with Crippen LogP contribution in [0.2, 0.25) is 0 Å². The standard InChI is InChI=1S/C17H19N3O6S/c1-10(2)14(18-16(23)12-6-4-8-27-12)17(24)26-9-13(21)19-20-15(22)11-5-3-7-25-11/h3-8,10,14H,9H2,1-2H3,(H,18,23)(H,19,21)(H,20,22)/t14-/m0/s1. The molecule has 2 heterocycles. The number of carbonyl (C=O) groups is 4. The van der Waals surface area contributed by atoms with Gasteiger partial charge in [-0.3, -0.25) is 25.2 Å². The Labute approximate surface area is 159 Å². The molecule has 0 aliphatic carbocycles. The fourth-order valence-corrected chi connectivity index (χ4v) is 2.60. The van der Waals surface area contributed by atoms with Crippen molar-refractivity contribution in [1.29, 1.82) is 0 Å². The van der Waals surface area contributed by atoms with E-state index in [2.05, 4.69) is 16.2 Å². The summed E-state index contributed by atoms with van der Waals surface area (Å²) in [5, 5.41) is 4.34. The highest BCUT2D eigenvalue weighted by Gasteiger charge is 2.27. The van der Waals surface area contributed by atoms with Crippen LogP contribution in [0, 0.1) is 5.92 Å². The number of hydrogen-bond acceptors (Lipinski definition) is 7. The van der Waals surface area contributed by atoms with Crippen molar-refractivity contribution in [3.8, 4) is 0 Å². The van der Waals surface area contributed by atoms with Crippen molar-refractivity contribution in [3.63, 3.8) is 0 Å². The molecule has 0 bridgehead atoms. The predicted octanol–water partition coefficient (Wildman–Crippen LogP) is 1.10. The third-order valence-electron chi connectivity index (χ3n) is 3.36. The number of hydrazine groups is 1. The summed E-state index contributed by atoms with van der Waals surface area (Å²) < 4.78 is 9.79. The van der Waals surface area contributed by atoms with Gasteiger partial charge < -0.3 is 14.5 Å². The van der Waals surface area contributed by atoms with E-state index in [4.69, 9.17) is 9.15 Å². The van der Waals surface area contributed by atoms with Crippen LogP contribution in [0.5, 0.6) is 0 Å². The lowest BCUT2D eigenvalue weighted by Gasteiger charge is -2.20. The molecule has 3 amide bonds. The van der Waals surface area contributed by atoms with Crippen molar-refractivity contribution in [2.24, 2.45) is 5.92 Å². The van der Waals surface area contributed by atoms with Crippen LogP contribution in [-0.2, 0) is 14.3 Å². The molecule has 10 heteroatoms. The zero-order chi connectivity index (χ0) is 19.8. The van der Waals surface area contributed by atoms with E-state index in [-0.39, 0.29) is 11.7 Å². The number of esters is 1. The quantitative estimate of drug-likeness (QED) is 0.478. The zero-order valence-corrected chi connectivity index (χ0v) is 15.5. The van der Waals surface area contributed by atoms with Crippen LogP contribution in [-0.4, -0.2) is 36.3 Å². The summed E-state index contributed by atoms with van der Waals surface area (Å²) in [5.41, 5.74) is 4.22. The van der Waals surface area contributed by atoms with Crippen LogP contribution in [0.4, 0.5) is 0 Å². The SMILES string of the molecule is CC(C)[C@H](NC(=O)c1cccs1)C(=O)OCC(=O)NNC(=O)c1ccco1. The number of rotatable bonds is 7. The van der Waals surface area contributed by atoms with Gasteiger partial charge in [0.2, 0.25) is 0 Å². The number of amides is 3. The lowest BCUT2D eigenvalue weighted by molar-refractivity contribution is -0.151. The summed E-state index contributed by atoms with van der Waals surface area (Å²) in [6.45, 7) is 2.87. The molecule has 0 aliphatic heterocycles. The summed E-state index contributed by atoms with van der Waals surface area (Å²) in [4.78, 5) is 48.1. The van der Waals surface area contributed by atoms with Crippen LogP contribution in [0.1, 0.15) is 34.1 Å². The van der Waals surface area contributed by atoms with Crippen LogP contribution >= 0.6 is 11.3 Å². The first kappa shape index (κ1) is 20.2. The minimum absolute atomic E-state index is 0.0171. The normalized spacial score (nSPS) is 11.5. The molecule has 27 heavy (non-hydrogen) atoms. The molecule has 0 saturated heterocycles. The highest BCUT2D eigenvalue weighted by atomic mass is 32.1. The van der Waals surface area contributed by atoms with Gasteiger partial charge in [0, 0.05) is 0 Å². The molecule has 0 unspecified atom stereocenters. The van der Waals surface area contributed by atoms with Crippen molar-refractivity contribution in [1.82, 2.24) is 16.2 Å². The van der Waals surface area contributed by atoms with Crippen molar-refractivity contribution in [2.75, 3.05) is 6.61 Å². The largest absolute Gasteiger partial charge is 0.459 e. The van der Waals surface area contributed by atoms with Crippen molar-refractivity contribution in [3.05, 3.63) is 46.5 Å². The Morgan fingerprint density at radius 2 is 1.89 bits per heavy atom. The monoisotopic (exact) mass is 393 g/mol. The number of hydrogen-bond donors (Lipinski definition) is 3. The summed E-state index contributed by atoms with van der Waals surface area (Å²) >= 11 is 1.25. The van der Waals surface area contributed by atoms with Crippen molar-refractivity contribution < 1.29 is 28.3 Å². The Morgan fingerprint density at radius 3 is 2.48 bits per heavy atom. The van der Waals surface area contributed by atoms with Gasteiger partial charge in [0.15, 0.2) is 12.4 Å². The van der Waals surface area contributed by atoms with E-state index in [1.54, 1.807) is 31.4 Å². The average molecular weight is 393 g/mol. The zero-order valence-electron chi connectivity index (χ0n) is 14.7. The van der Waals surface area contributed by atoms with Crippen molar-refractivity contribution in [2.45, 2.75) is 19.9 Å². The Hall–Kier alpha value is -3.14. The Kier molecular flexibility index (Phi) is 7.12. The minimum atomic E-state index is -0.912. The summed E-state index contributed by atoms with van der Waals surface area (Å²) in [6.07, 6.45) is 1.31. The summed E-state index contributed by atoms with van der Waals surface area (Å²) in [6, 6.07) is 5.40. The fourth-order valence-electron chi connectivity index (χ4n) is 1.98. The number of furan rings is 1. The molecule has 2 aromatic heterocycles. The van der Waals surface area contributed by atoms with Crippen molar-refractivity contribution >= 4 is 35.0 Å². The molecular weight excluding hydrogens is 374 g/mol. The van der Waals surface area contributed by atoms with Crippen LogP contribution < -0.4 is 16.2 Å². The lowest BCUT2D eigenvalue weighted by Crippen LogP contribution is -2.47. The smallest absolute Gasteiger partial charge is 0.329 e. The van der Waals surface area contributed by atoms with Gasteiger partial charge in [-0.2, -0.15) is 0 Å². The molecular formula is C17H19N3O6S. The number of carbonyl (C=O) groups excluding carboxylic acids is 4. The number of thiophene rings is 1. The number of ether oxygens (including phenoxy) is 1. The molecule has 0 fully saturated rings. The second-order valence-electron chi connectivity index (χ2n) is 5.76. The third-order valence-corrected chi connectivity index (χ3v) is 4.23. The molecule has 2 aromatic rings. The first-order chi connectivity index (χ1) is 12.9. The average Bonchev–Trinajstić information content (AvgIpc) is 3.35. The van der Waals surface area contributed by atoms with Crippen LogP contribution in [0.15, 0.2) is 40.3 Å². The van der Waals surface area contributed by atoms with E-state index >= 15 is 0 Å². The molecule has 3 N–H and O–H groups in total. The van der Waals surface area contributed by atoms with E-state index in [9.17, 15) is 19.2 Å². The van der Waals surface area contributed by atoms with E-state index in [1.807, 2.05) is 0 Å². The predicted molar refractivity (Wildman–Crippen MR) is 95.7 cm³/mol. The first-order valence-electron chi connectivity index (χ1n) is 8.02. The second-order valence-corrected chi connectivity index (χ2v) is 6.71. The first-order valence-corrected chi connectivity index (χ1v) is 8.90. The molecule has 0 aliphatic rings. The maximum atomic E-state index is 12.2. The lowest BCUT2D eigenvalue weighted by atomic mass is 10.0. The highest BCUT2D eigenvalue weighted by Crippen LogP contribution is 2.11.